The Labute approximate surface area is 180 Å². The highest BCUT2D eigenvalue weighted by Gasteiger charge is 2.32. The lowest BCUT2D eigenvalue weighted by atomic mass is 10.2. The zero-order chi connectivity index (χ0) is 21.1. The maximum atomic E-state index is 14.9. The summed E-state index contributed by atoms with van der Waals surface area (Å²) < 4.78 is 20.1. The SMILES string of the molecule is NC[C@H]1CN(c2ccc(N3CCNN(C(=S)c4ccccc4)CC3)c(F)c2)C(=O)O1. The lowest BCUT2D eigenvalue weighted by Crippen LogP contribution is -2.43. The van der Waals surface area contributed by atoms with E-state index in [-0.39, 0.29) is 18.5 Å². The molecule has 4 rings (SSSR count). The van der Waals surface area contributed by atoms with Crippen molar-refractivity contribution in [1.82, 2.24) is 10.4 Å². The Morgan fingerprint density at radius 1 is 1.20 bits per heavy atom. The van der Waals surface area contributed by atoms with Crippen LogP contribution in [0.1, 0.15) is 5.56 Å². The summed E-state index contributed by atoms with van der Waals surface area (Å²) in [6.07, 6.45) is -0.863. The standard InChI is InChI=1S/C21H24FN5O2S/c22-18-12-16(26-14-17(13-23)29-21(26)28)6-7-19(18)25-9-8-24-27(11-10-25)20(30)15-4-2-1-3-5-15/h1-7,12,17,24H,8-11,13-14,23H2/t17-/m0/s1. The van der Waals surface area contributed by atoms with E-state index >= 15 is 0 Å². The van der Waals surface area contributed by atoms with Gasteiger partial charge in [0.1, 0.15) is 16.9 Å². The van der Waals surface area contributed by atoms with Gasteiger partial charge in [0.15, 0.2) is 0 Å². The number of carbonyl (C=O) groups is 1. The van der Waals surface area contributed by atoms with Crippen molar-refractivity contribution in [2.45, 2.75) is 6.10 Å². The van der Waals surface area contributed by atoms with Crippen LogP contribution in [0.15, 0.2) is 48.5 Å². The molecule has 2 aliphatic rings. The van der Waals surface area contributed by atoms with Gasteiger partial charge >= 0.3 is 6.09 Å². The highest BCUT2D eigenvalue weighted by molar-refractivity contribution is 7.80. The van der Waals surface area contributed by atoms with Crippen LogP contribution in [0.5, 0.6) is 0 Å². The highest BCUT2D eigenvalue weighted by Crippen LogP contribution is 2.28. The van der Waals surface area contributed by atoms with Gasteiger partial charge in [-0.05, 0) is 18.2 Å². The van der Waals surface area contributed by atoms with E-state index in [9.17, 15) is 9.18 Å². The number of hydrogen-bond donors (Lipinski definition) is 2. The third-order valence-electron chi connectivity index (χ3n) is 5.26. The van der Waals surface area contributed by atoms with Crippen LogP contribution in [0.3, 0.4) is 0 Å². The summed E-state index contributed by atoms with van der Waals surface area (Å²) in [5.41, 5.74) is 10.8. The van der Waals surface area contributed by atoms with Crippen molar-refractivity contribution in [3.05, 3.63) is 59.9 Å². The predicted octanol–water partition coefficient (Wildman–Crippen LogP) is 2.11. The zero-order valence-corrected chi connectivity index (χ0v) is 17.3. The van der Waals surface area contributed by atoms with Gasteiger partial charge in [-0.25, -0.2) is 14.6 Å². The predicted molar refractivity (Wildman–Crippen MR) is 118 cm³/mol. The molecule has 2 aromatic carbocycles. The fourth-order valence-corrected chi connectivity index (χ4v) is 3.95. The molecule has 2 aliphatic heterocycles. The van der Waals surface area contributed by atoms with Crippen LogP contribution in [0.4, 0.5) is 20.6 Å². The van der Waals surface area contributed by atoms with Crippen LogP contribution in [-0.2, 0) is 4.74 Å². The lowest BCUT2D eigenvalue weighted by Gasteiger charge is -2.25. The van der Waals surface area contributed by atoms with E-state index in [1.165, 1.54) is 11.0 Å². The molecule has 0 unspecified atom stereocenters. The average molecular weight is 430 g/mol. The molecule has 2 saturated heterocycles. The van der Waals surface area contributed by atoms with E-state index in [2.05, 4.69) is 5.43 Å². The molecule has 2 aromatic rings. The molecule has 3 N–H and O–H groups in total. The summed E-state index contributed by atoms with van der Waals surface area (Å²) in [5.74, 6) is -0.379. The first-order chi connectivity index (χ1) is 14.6. The number of rotatable bonds is 4. The van der Waals surface area contributed by atoms with Gasteiger partial charge in [-0.1, -0.05) is 42.5 Å². The van der Waals surface area contributed by atoms with Crippen LogP contribution in [0, 0.1) is 5.82 Å². The fraction of sp³-hybridized carbons (Fsp3) is 0.333. The minimum Gasteiger partial charge on any atom is -0.443 e. The number of benzene rings is 2. The number of amides is 1. The first-order valence-electron chi connectivity index (χ1n) is 9.90. The van der Waals surface area contributed by atoms with Gasteiger partial charge in [-0.3, -0.25) is 9.91 Å². The molecule has 0 radical (unpaired) electrons. The molecule has 2 fully saturated rings. The number of carbonyl (C=O) groups excluding carboxylic acids is 1. The van der Waals surface area contributed by atoms with Crippen molar-refractivity contribution in [3.8, 4) is 0 Å². The Morgan fingerprint density at radius 2 is 2.00 bits per heavy atom. The van der Waals surface area contributed by atoms with Crippen LogP contribution >= 0.6 is 12.2 Å². The van der Waals surface area contributed by atoms with E-state index in [0.717, 1.165) is 10.6 Å². The van der Waals surface area contributed by atoms with Crippen LogP contribution in [0.25, 0.3) is 0 Å². The summed E-state index contributed by atoms with van der Waals surface area (Å²) >= 11 is 5.60. The monoisotopic (exact) mass is 429 g/mol. The Balaban J connectivity index is 1.44. The molecule has 30 heavy (non-hydrogen) atoms. The second kappa shape index (κ2) is 8.95. The van der Waals surface area contributed by atoms with Crippen molar-refractivity contribution in [1.29, 1.82) is 0 Å². The molecule has 158 valence electrons. The summed E-state index contributed by atoms with van der Waals surface area (Å²) in [4.78, 5) is 16.1. The topological polar surface area (TPSA) is 74.1 Å². The van der Waals surface area contributed by atoms with Crippen LogP contribution in [0.2, 0.25) is 0 Å². The first-order valence-corrected chi connectivity index (χ1v) is 10.3. The Morgan fingerprint density at radius 3 is 2.70 bits per heavy atom. The molecule has 0 aromatic heterocycles. The summed E-state index contributed by atoms with van der Waals surface area (Å²) in [6, 6.07) is 14.6. The van der Waals surface area contributed by atoms with Gasteiger partial charge in [0, 0.05) is 31.7 Å². The first kappa shape index (κ1) is 20.5. The number of anilines is 2. The number of halogens is 1. The van der Waals surface area contributed by atoms with Gasteiger partial charge in [0.25, 0.3) is 0 Å². The van der Waals surface area contributed by atoms with Crippen LogP contribution < -0.4 is 21.0 Å². The van der Waals surface area contributed by atoms with E-state index in [1.807, 2.05) is 40.2 Å². The number of nitrogens with one attached hydrogen (secondary N) is 1. The van der Waals surface area contributed by atoms with E-state index < -0.39 is 6.09 Å². The second-order valence-corrected chi connectivity index (χ2v) is 7.59. The molecule has 1 amide bonds. The molecule has 1 atom stereocenters. The molecule has 0 aliphatic carbocycles. The third kappa shape index (κ3) is 4.23. The Kier molecular flexibility index (Phi) is 6.12. The minimum absolute atomic E-state index is 0.241. The molecule has 2 heterocycles. The number of thiocarbonyl (C=S) groups is 1. The van der Waals surface area contributed by atoms with E-state index in [1.54, 1.807) is 12.1 Å². The smallest absolute Gasteiger partial charge is 0.414 e. The van der Waals surface area contributed by atoms with Gasteiger partial charge in [0.2, 0.25) is 0 Å². The zero-order valence-electron chi connectivity index (χ0n) is 16.5. The van der Waals surface area contributed by atoms with E-state index in [0.29, 0.717) is 44.1 Å². The average Bonchev–Trinajstić information content (AvgIpc) is 2.98. The van der Waals surface area contributed by atoms with Crippen LogP contribution in [-0.4, -0.2) is 61.5 Å². The maximum Gasteiger partial charge on any atom is 0.414 e. The number of cyclic esters (lactones) is 1. The quantitative estimate of drug-likeness (QED) is 0.721. The normalized spacial score (nSPS) is 19.6. The molecule has 0 saturated carbocycles. The fourth-order valence-electron chi connectivity index (χ4n) is 3.66. The molecule has 0 spiro atoms. The van der Waals surface area contributed by atoms with Gasteiger partial charge in [0.05, 0.1) is 24.5 Å². The third-order valence-corrected chi connectivity index (χ3v) is 5.72. The molecular formula is C21H24FN5O2S. The number of nitrogens with two attached hydrogens (primary N) is 1. The van der Waals surface area contributed by atoms with Crippen molar-refractivity contribution >= 4 is 34.7 Å². The summed E-state index contributed by atoms with van der Waals surface area (Å²) in [7, 11) is 0. The maximum absolute atomic E-state index is 14.9. The number of nitrogens with zero attached hydrogens (tertiary/aromatic N) is 3. The molecule has 9 heteroatoms. The van der Waals surface area contributed by atoms with Gasteiger partial charge < -0.3 is 15.4 Å². The molecule has 7 nitrogen and oxygen atoms in total. The minimum atomic E-state index is -0.498. The summed E-state index contributed by atoms with van der Waals surface area (Å²) in [6.45, 7) is 3.05. The second-order valence-electron chi connectivity index (χ2n) is 7.21. The van der Waals surface area contributed by atoms with Gasteiger partial charge in [-0.15, -0.1) is 0 Å². The van der Waals surface area contributed by atoms with Crippen molar-refractivity contribution < 1.29 is 13.9 Å². The number of ether oxygens (including phenoxy) is 1. The van der Waals surface area contributed by atoms with Crippen molar-refractivity contribution in [2.24, 2.45) is 5.73 Å². The number of hydrazine groups is 1. The molecule has 0 bridgehead atoms. The summed E-state index contributed by atoms with van der Waals surface area (Å²) in [5, 5.41) is 1.93. The number of hydrogen-bond acceptors (Lipinski definition) is 6. The largest absolute Gasteiger partial charge is 0.443 e. The van der Waals surface area contributed by atoms with Crippen molar-refractivity contribution in [2.75, 3.05) is 49.1 Å². The Bertz CT molecular complexity index is 929. The molecular weight excluding hydrogens is 405 g/mol. The lowest BCUT2D eigenvalue weighted by molar-refractivity contribution is 0.145. The van der Waals surface area contributed by atoms with Gasteiger partial charge in [-0.2, -0.15) is 0 Å². The highest BCUT2D eigenvalue weighted by atomic mass is 32.1. The van der Waals surface area contributed by atoms with E-state index in [4.69, 9.17) is 22.7 Å². The Hall–Kier alpha value is -2.75. The van der Waals surface area contributed by atoms with Crippen molar-refractivity contribution in [3.63, 3.8) is 0 Å².